The Morgan fingerprint density at radius 1 is 1.38 bits per heavy atom. The zero-order chi connectivity index (χ0) is 10.7. The number of halogens is 2. The summed E-state index contributed by atoms with van der Waals surface area (Å²) in [5.41, 5.74) is 0.942. The largest absolute Gasteiger partial charge is 0.493 e. The minimum atomic E-state index is -0.276. The number of nitrogens with one attached hydrogen (secondary N) is 1. The highest BCUT2D eigenvalue weighted by Crippen LogP contribution is 2.32. The number of hydrogen-bond donors (Lipinski definition) is 1. The van der Waals surface area contributed by atoms with Crippen LogP contribution in [0.3, 0.4) is 0 Å². The van der Waals surface area contributed by atoms with Gasteiger partial charge in [-0.1, -0.05) is 18.6 Å². The quantitative estimate of drug-likeness (QED) is 0.865. The maximum Gasteiger partial charge on any atom is 0.165 e. The summed E-state index contributed by atoms with van der Waals surface area (Å²) in [6.45, 7) is 1.00. The molecule has 1 fully saturated rings. The zero-order valence-corrected chi connectivity index (χ0v) is 10.1. The van der Waals surface area contributed by atoms with Crippen LogP contribution in [0.2, 0.25) is 0 Å². The molecule has 1 aliphatic heterocycles. The van der Waals surface area contributed by atoms with Crippen molar-refractivity contribution >= 4 is 12.4 Å². The zero-order valence-electron chi connectivity index (χ0n) is 9.33. The second kappa shape index (κ2) is 6.06. The number of ether oxygens (including phenoxy) is 1. The maximum absolute atomic E-state index is 13.5. The molecular formula is C12H17ClFNO. The van der Waals surface area contributed by atoms with Gasteiger partial charge in [0.25, 0.3) is 0 Å². The second-order valence-corrected chi connectivity index (χ2v) is 3.86. The van der Waals surface area contributed by atoms with Crippen LogP contribution in [0.4, 0.5) is 4.39 Å². The van der Waals surface area contributed by atoms with Gasteiger partial charge in [-0.3, -0.25) is 0 Å². The van der Waals surface area contributed by atoms with Crippen LogP contribution < -0.4 is 10.1 Å². The van der Waals surface area contributed by atoms with E-state index in [2.05, 4.69) is 5.32 Å². The van der Waals surface area contributed by atoms with Crippen molar-refractivity contribution in [1.29, 1.82) is 0 Å². The van der Waals surface area contributed by atoms with E-state index in [9.17, 15) is 4.39 Å². The Bertz CT molecular complexity index is 340. The Morgan fingerprint density at radius 2 is 2.19 bits per heavy atom. The second-order valence-electron chi connectivity index (χ2n) is 3.86. The highest BCUT2D eigenvalue weighted by Gasteiger charge is 2.20. The van der Waals surface area contributed by atoms with Gasteiger partial charge in [0.2, 0.25) is 0 Å². The molecule has 0 unspecified atom stereocenters. The van der Waals surface area contributed by atoms with Gasteiger partial charge >= 0.3 is 0 Å². The molecular weight excluding hydrogens is 229 g/mol. The predicted molar refractivity (Wildman–Crippen MR) is 64.8 cm³/mol. The molecule has 1 N–H and O–H groups in total. The average Bonchev–Trinajstić information content (AvgIpc) is 2.30. The summed E-state index contributed by atoms with van der Waals surface area (Å²) in [7, 11) is 1.52. The van der Waals surface area contributed by atoms with Crippen LogP contribution in [-0.4, -0.2) is 13.7 Å². The minimum absolute atomic E-state index is 0. The van der Waals surface area contributed by atoms with Crippen molar-refractivity contribution in [2.45, 2.75) is 25.3 Å². The van der Waals surface area contributed by atoms with E-state index in [-0.39, 0.29) is 24.3 Å². The predicted octanol–water partition coefficient (Wildman–Crippen LogP) is 3.07. The van der Waals surface area contributed by atoms with Gasteiger partial charge in [0, 0.05) is 11.6 Å². The monoisotopic (exact) mass is 245 g/mol. The number of rotatable bonds is 2. The van der Waals surface area contributed by atoms with E-state index in [1.54, 1.807) is 6.07 Å². The molecule has 1 aromatic carbocycles. The van der Waals surface area contributed by atoms with Gasteiger partial charge in [-0.25, -0.2) is 4.39 Å². The molecule has 0 aromatic heterocycles. The number of para-hydroxylation sites is 1. The fraction of sp³-hybridized carbons (Fsp3) is 0.500. The van der Waals surface area contributed by atoms with Crippen molar-refractivity contribution in [3.63, 3.8) is 0 Å². The molecule has 0 radical (unpaired) electrons. The van der Waals surface area contributed by atoms with Gasteiger partial charge < -0.3 is 10.1 Å². The number of methoxy groups -OCH3 is 1. The van der Waals surface area contributed by atoms with E-state index in [1.165, 1.54) is 26.0 Å². The molecule has 1 aliphatic rings. The summed E-state index contributed by atoms with van der Waals surface area (Å²) in [6, 6.07) is 5.35. The molecule has 0 aliphatic carbocycles. The van der Waals surface area contributed by atoms with Gasteiger partial charge in [0.05, 0.1) is 7.11 Å². The van der Waals surface area contributed by atoms with Crippen LogP contribution in [0.5, 0.6) is 5.75 Å². The van der Waals surface area contributed by atoms with Crippen molar-refractivity contribution in [2.75, 3.05) is 13.7 Å². The highest BCUT2D eigenvalue weighted by atomic mass is 35.5. The molecule has 1 atom stereocenters. The average molecular weight is 246 g/mol. The third-order valence-corrected chi connectivity index (χ3v) is 2.89. The lowest BCUT2D eigenvalue weighted by molar-refractivity contribution is 0.356. The Balaban J connectivity index is 0.00000128. The molecule has 16 heavy (non-hydrogen) atoms. The molecule has 90 valence electrons. The van der Waals surface area contributed by atoms with E-state index in [0.717, 1.165) is 18.5 Å². The summed E-state index contributed by atoms with van der Waals surface area (Å²) in [5, 5.41) is 3.39. The molecule has 4 heteroatoms. The van der Waals surface area contributed by atoms with Crippen LogP contribution in [-0.2, 0) is 0 Å². The first-order chi connectivity index (χ1) is 7.33. The normalized spacial score (nSPS) is 20.0. The summed E-state index contributed by atoms with van der Waals surface area (Å²) in [4.78, 5) is 0. The summed E-state index contributed by atoms with van der Waals surface area (Å²) in [6.07, 6.45) is 3.45. The van der Waals surface area contributed by atoms with Crippen LogP contribution in [0, 0.1) is 5.82 Å². The summed E-state index contributed by atoms with van der Waals surface area (Å²) in [5.74, 6) is 0.110. The molecule has 0 bridgehead atoms. The lowest BCUT2D eigenvalue weighted by Crippen LogP contribution is -2.27. The lowest BCUT2D eigenvalue weighted by atomic mass is 9.96. The van der Waals surface area contributed by atoms with Crippen molar-refractivity contribution in [3.05, 3.63) is 29.6 Å². The van der Waals surface area contributed by atoms with E-state index in [4.69, 9.17) is 4.74 Å². The molecule has 2 nitrogen and oxygen atoms in total. The van der Waals surface area contributed by atoms with Crippen LogP contribution in [0.15, 0.2) is 18.2 Å². The Morgan fingerprint density at radius 3 is 2.81 bits per heavy atom. The molecule has 1 heterocycles. The van der Waals surface area contributed by atoms with E-state index < -0.39 is 0 Å². The minimum Gasteiger partial charge on any atom is -0.493 e. The first kappa shape index (κ1) is 13.3. The van der Waals surface area contributed by atoms with E-state index in [1.807, 2.05) is 6.07 Å². The fourth-order valence-electron chi connectivity index (χ4n) is 2.13. The van der Waals surface area contributed by atoms with Gasteiger partial charge in [0.1, 0.15) is 0 Å². The topological polar surface area (TPSA) is 21.3 Å². The SMILES string of the molecule is COc1c(F)cccc1[C@@H]1CCCCN1.Cl. The van der Waals surface area contributed by atoms with Crippen LogP contribution in [0.25, 0.3) is 0 Å². The molecule has 1 aromatic rings. The highest BCUT2D eigenvalue weighted by molar-refractivity contribution is 5.85. The Labute approximate surface area is 102 Å². The number of benzene rings is 1. The van der Waals surface area contributed by atoms with Crippen molar-refractivity contribution in [1.82, 2.24) is 5.32 Å². The van der Waals surface area contributed by atoms with Gasteiger partial charge in [-0.15, -0.1) is 12.4 Å². The Hall–Kier alpha value is -0.800. The fourth-order valence-corrected chi connectivity index (χ4v) is 2.13. The standard InChI is InChI=1S/C12H16FNO.ClH/c1-15-12-9(5-4-6-10(12)13)11-7-2-3-8-14-11;/h4-6,11,14H,2-3,7-8H2,1H3;1H/t11-;/m0./s1. The van der Waals surface area contributed by atoms with Crippen LogP contribution in [0.1, 0.15) is 30.9 Å². The summed E-state index contributed by atoms with van der Waals surface area (Å²) >= 11 is 0. The first-order valence-corrected chi connectivity index (χ1v) is 5.38. The smallest absolute Gasteiger partial charge is 0.165 e. The number of hydrogen-bond acceptors (Lipinski definition) is 2. The third-order valence-electron chi connectivity index (χ3n) is 2.89. The third kappa shape index (κ3) is 2.66. The van der Waals surface area contributed by atoms with Crippen molar-refractivity contribution in [3.8, 4) is 5.75 Å². The van der Waals surface area contributed by atoms with Gasteiger partial charge in [-0.05, 0) is 25.5 Å². The lowest BCUT2D eigenvalue weighted by Gasteiger charge is -2.25. The molecule has 1 saturated heterocycles. The van der Waals surface area contributed by atoms with E-state index >= 15 is 0 Å². The van der Waals surface area contributed by atoms with Gasteiger partial charge in [-0.2, -0.15) is 0 Å². The van der Waals surface area contributed by atoms with Gasteiger partial charge in [0.15, 0.2) is 11.6 Å². The van der Waals surface area contributed by atoms with E-state index in [0.29, 0.717) is 5.75 Å². The molecule has 0 saturated carbocycles. The van der Waals surface area contributed by atoms with Crippen LogP contribution >= 0.6 is 12.4 Å². The molecule has 2 rings (SSSR count). The molecule has 0 amide bonds. The summed E-state index contributed by atoms with van der Waals surface area (Å²) < 4.78 is 18.6. The Kier molecular flexibility index (Phi) is 5.03. The molecule has 0 spiro atoms. The maximum atomic E-state index is 13.5. The van der Waals surface area contributed by atoms with Crippen molar-refractivity contribution < 1.29 is 9.13 Å². The van der Waals surface area contributed by atoms with Crippen molar-refractivity contribution in [2.24, 2.45) is 0 Å². The number of piperidine rings is 1. The first-order valence-electron chi connectivity index (χ1n) is 5.38.